The number of nitrogens with one attached hydrogen (secondary N) is 1. The highest BCUT2D eigenvalue weighted by atomic mass is 79.9. The zero-order chi connectivity index (χ0) is 14.7. The van der Waals surface area contributed by atoms with Gasteiger partial charge >= 0.3 is 0 Å². The Morgan fingerprint density at radius 3 is 2.50 bits per heavy atom. The maximum Gasteiger partial charge on any atom is 0.261 e. The number of halogens is 1. The van der Waals surface area contributed by atoms with Crippen LogP contribution in [0.1, 0.15) is 33.8 Å². The van der Waals surface area contributed by atoms with Gasteiger partial charge in [-0.05, 0) is 59.1 Å². The molecule has 0 aliphatic carbocycles. The minimum atomic E-state index is -0.0490. The molecule has 1 heterocycles. The molecule has 2 rings (SSSR count). The Kier molecular flexibility index (Phi) is 4.83. The van der Waals surface area contributed by atoms with E-state index < -0.39 is 0 Å². The van der Waals surface area contributed by atoms with Gasteiger partial charge in [-0.1, -0.05) is 12.1 Å². The second kappa shape index (κ2) is 6.41. The van der Waals surface area contributed by atoms with Crippen LogP contribution in [0.25, 0.3) is 0 Å². The molecule has 0 radical (unpaired) electrons. The van der Waals surface area contributed by atoms with Gasteiger partial charge in [0.2, 0.25) is 0 Å². The van der Waals surface area contributed by atoms with Gasteiger partial charge in [-0.3, -0.25) is 4.79 Å². The summed E-state index contributed by atoms with van der Waals surface area (Å²) in [7, 11) is 1.64. The maximum absolute atomic E-state index is 12.2. The Balaban J connectivity index is 2.06. The average Bonchev–Trinajstić information content (AvgIpc) is 2.79. The molecule has 2 aromatic rings. The summed E-state index contributed by atoms with van der Waals surface area (Å²) in [5, 5.41) is 3.00. The van der Waals surface area contributed by atoms with Crippen molar-refractivity contribution < 1.29 is 9.53 Å². The first-order valence-corrected chi connectivity index (χ1v) is 7.83. The minimum Gasteiger partial charge on any atom is -0.497 e. The van der Waals surface area contributed by atoms with Crippen LogP contribution in [0.15, 0.2) is 34.1 Å². The number of methoxy groups -OCH3 is 1. The number of aryl methyl sites for hydroxylation is 1. The Labute approximate surface area is 131 Å². The normalized spacial score (nSPS) is 12.0. The molecule has 1 N–H and O–H groups in total. The fourth-order valence-electron chi connectivity index (χ4n) is 1.82. The van der Waals surface area contributed by atoms with Crippen LogP contribution >= 0.6 is 27.3 Å². The zero-order valence-corrected chi connectivity index (χ0v) is 14.0. The van der Waals surface area contributed by atoms with Crippen LogP contribution in [0.5, 0.6) is 5.75 Å². The number of rotatable bonds is 4. The molecule has 5 heteroatoms. The van der Waals surface area contributed by atoms with Crippen molar-refractivity contribution in [3.05, 3.63) is 50.1 Å². The molecule has 0 spiro atoms. The van der Waals surface area contributed by atoms with E-state index in [0.29, 0.717) is 0 Å². The Hall–Kier alpha value is -1.33. The largest absolute Gasteiger partial charge is 0.497 e. The summed E-state index contributed by atoms with van der Waals surface area (Å²) >= 11 is 4.89. The van der Waals surface area contributed by atoms with Crippen molar-refractivity contribution in [3.63, 3.8) is 0 Å². The van der Waals surface area contributed by atoms with Crippen LogP contribution in [0.3, 0.4) is 0 Å². The van der Waals surface area contributed by atoms with Gasteiger partial charge in [0.15, 0.2) is 0 Å². The van der Waals surface area contributed by atoms with E-state index in [-0.39, 0.29) is 11.9 Å². The predicted octanol–water partition coefficient (Wildman–Crippen LogP) is 4.32. The molecule has 0 saturated heterocycles. The third-order valence-corrected chi connectivity index (χ3v) is 5.18. The molecule has 106 valence electrons. The summed E-state index contributed by atoms with van der Waals surface area (Å²) < 4.78 is 6.12. The number of carbonyl (C=O) groups is 1. The van der Waals surface area contributed by atoms with E-state index in [1.807, 2.05) is 44.2 Å². The molecular weight excluding hydrogens is 338 g/mol. The fourth-order valence-corrected chi connectivity index (χ4v) is 3.25. The first kappa shape index (κ1) is 15.1. The lowest BCUT2D eigenvalue weighted by molar-refractivity contribution is 0.0944. The standard InChI is InChI=1S/C15H16BrNO2S/c1-9-8-13(20-14(9)16)15(18)17-10(2)11-4-6-12(19-3)7-5-11/h4-8,10H,1-3H3,(H,17,18). The summed E-state index contributed by atoms with van der Waals surface area (Å²) in [6, 6.07) is 9.55. The number of carbonyl (C=O) groups excluding carboxylic acids is 1. The van der Waals surface area contributed by atoms with Crippen LogP contribution in [-0.2, 0) is 0 Å². The van der Waals surface area contributed by atoms with Crippen molar-refractivity contribution in [1.29, 1.82) is 0 Å². The highest BCUT2D eigenvalue weighted by Crippen LogP contribution is 2.27. The number of benzene rings is 1. The third kappa shape index (κ3) is 3.41. The highest BCUT2D eigenvalue weighted by molar-refractivity contribution is 9.11. The van der Waals surface area contributed by atoms with Crippen molar-refractivity contribution in [1.82, 2.24) is 5.32 Å². The number of hydrogen-bond acceptors (Lipinski definition) is 3. The van der Waals surface area contributed by atoms with Crippen LogP contribution < -0.4 is 10.1 Å². The Morgan fingerprint density at radius 1 is 1.35 bits per heavy atom. The predicted molar refractivity (Wildman–Crippen MR) is 85.6 cm³/mol. The summed E-state index contributed by atoms with van der Waals surface area (Å²) in [5.74, 6) is 0.761. The van der Waals surface area contributed by atoms with Gasteiger partial charge in [0.25, 0.3) is 5.91 Å². The van der Waals surface area contributed by atoms with E-state index in [2.05, 4.69) is 21.2 Å². The number of hydrogen-bond donors (Lipinski definition) is 1. The molecule has 1 aromatic heterocycles. The lowest BCUT2D eigenvalue weighted by Crippen LogP contribution is -2.25. The summed E-state index contributed by atoms with van der Waals surface area (Å²) in [6.07, 6.45) is 0. The van der Waals surface area contributed by atoms with Gasteiger partial charge in [0.1, 0.15) is 5.75 Å². The van der Waals surface area contributed by atoms with E-state index in [4.69, 9.17) is 4.74 Å². The molecule has 1 aromatic carbocycles. The SMILES string of the molecule is COc1ccc(C(C)NC(=O)c2cc(C)c(Br)s2)cc1. The van der Waals surface area contributed by atoms with Crippen LogP contribution in [0, 0.1) is 6.92 Å². The molecule has 0 aliphatic rings. The summed E-state index contributed by atoms with van der Waals surface area (Å²) in [4.78, 5) is 12.9. The molecule has 20 heavy (non-hydrogen) atoms. The average molecular weight is 354 g/mol. The number of amides is 1. The molecule has 3 nitrogen and oxygen atoms in total. The van der Waals surface area contributed by atoms with Gasteiger partial charge in [-0.15, -0.1) is 11.3 Å². The van der Waals surface area contributed by atoms with Gasteiger partial charge in [-0.2, -0.15) is 0 Å². The van der Waals surface area contributed by atoms with Crippen LogP contribution in [0.2, 0.25) is 0 Å². The Bertz CT molecular complexity index is 587. The summed E-state index contributed by atoms with van der Waals surface area (Å²) in [5.41, 5.74) is 2.13. The molecule has 0 aliphatic heterocycles. The minimum absolute atomic E-state index is 0.0467. The van der Waals surface area contributed by atoms with E-state index in [9.17, 15) is 4.79 Å². The van der Waals surface area contributed by atoms with Crippen molar-refractivity contribution in [2.24, 2.45) is 0 Å². The quantitative estimate of drug-likeness (QED) is 0.888. The van der Waals surface area contributed by atoms with Gasteiger partial charge in [0, 0.05) is 0 Å². The van der Waals surface area contributed by atoms with Crippen LogP contribution in [0.4, 0.5) is 0 Å². The van der Waals surface area contributed by atoms with Crippen molar-refractivity contribution in [2.45, 2.75) is 19.9 Å². The summed E-state index contributed by atoms with van der Waals surface area (Å²) in [6.45, 7) is 3.94. The first-order valence-electron chi connectivity index (χ1n) is 6.22. The van der Waals surface area contributed by atoms with Gasteiger partial charge in [-0.25, -0.2) is 0 Å². The number of ether oxygens (including phenoxy) is 1. The molecule has 1 atom stereocenters. The van der Waals surface area contributed by atoms with Crippen LogP contribution in [-0.4, -0.2) is 13.0 Å². The highest BCUT2D eigenvalue weighted by Gasteiger charge is 2.14. The van der Waals surface area contributed by atoms with Crippen molar-refractivity contribution in [2.75, 3.05) is 7.11 Å². The Morgan fingerprint density at radius 2 is 2.00 bits per heavy atom. The van der Waals surface area contributed by atoms with Crippen molar-refractivity contribution in [3.8, 4) is 5.75 Å². The third-order valence-electron chi connectivity index (χ3n) is 3.04. The molecule has 0 fully saturated rings. The number of thiophene rings is 1. The van der Waals surface area contributed by atoms with E-state index in [0.717, 1.165) is 25.5 Å². The lowest BCUT2D eigenvalue weighted by Gasteiger charge is -2.14. The molecule has 0 saturated carbocycles. The van der Waals surface area contributed by atoms with E-state index in [1.165, 1.54) is 11.3 Å². The molecular formula is C15H16BrNO2S. The lowest BCUT2D eigenvalue weighted by atomic mass is 10.1. The second-order valence-corrected chi connectivity index (χ2v) is 6.91. The molecule has 1 amide bonds. The maximum atomic E-state index is 12.2. The van der Waals surface area contributed by atoms with Gasteiger partial charge < -0.3 is 10.1 Å². The van der Waals surface area contributed by atoms with Gasteiger partial charge in [0.05, 0.1) is 21.8 Å². The van der Waals surface area contributed by atoms with Crippen molar-refractivity contribution >= 4 is 33.2 Å². The topological polar surface area (TPSA) is 38.3 Å². The first-order chi connectivity index (χ1) is 9.51. The smallest absolute Gasteiger partial charge is 0.261 e. The monoisotopic (exact) mass is 353 g/mol. The zero-order valence-electron chi connectivity index (χ0n) is 11.6. The second-order valence-electron chi connectivity index (χ2n) is 4.54. The van der Waals surface area contributed by atoms with E-state index in [1.54, 1.807) is 7.11 Å². The molecule has 1 unspecified atom stereocenters. The van der Waals surface area contributed by atoms with E-state index >= 15 is 0 Å². The molecule has 0 bridgehead atoms. The fraction of sp³-hybridized carbons (Fsp3) is 0.267.